The van der Waals surface area contributed by atoms with Gasteiger partial charge in [0.25, 0.3) is 0 Å². The maximum absolute atomic E-state index is 4.66. The average Bonchev–Trinajstić information content (AvgIpc) is 3.18. The summed E-state index contributed by atoms with van der Waals surface area (Å²) in [4.78, 5) is 6.88. The van der Waals surface area contributed by atoms with Crippen molar-refractivity contribution in [3.05, 3.63) is 36.3 Å². The van der Waals surface area contributed by atoms with Crippen molar-refractivity contribution in [1.29, 1.82) is 0 Å². The van der Waals surface area contributed by atoms with Gasteiger partial charge in [-0.15, -0.1) is 0 Å². The predicted molar refractivity (Wildman–Crippen MR) is 70.9 cm³/mol. The monoisotopic (exact) mass is 240 g/mol. The summed E-state index contributed by atoms with van der Waals surface area (Å²) in [5.74, 6) is 1.76. The molecule has 0 amide bonds. The van der Waals surface area contributed by atoms with E-state index in [1.165, 1.54) is 18.5 Å². The highest BCUT2D eigenvalue weighted by Gasteiger charge is 2.27. The maximum atomic E-state index is 4.66. The first-order valence-electron chi connectivity index (χ1n) is 6.66. The molecule has 0 spiro atoms. The van der Waals surface area contributed by atoms with Crippen molar-refractivity contribution in [3.8, 4) is 0 Å². The summed E-state index contributed by atoms with van der Waals surface area (Å²) in [6.45, 7) is 2.00. The second-order valence-electron chi connectivity index (χ2n) is 5.13. The van der Waals surface area contributed by atoms with Crippen LogP contribution >= 0.6 is 0 Å². The Bertz CT molecular complexity index is 609. The molecule has 1 aliphatic carbocycles. The minimum absolute atomic E-state index is 0.694. The lowest BCUT2D eigenvalue weighted by atomic mass is 10.2. The quantitative estimate of drug-likeness (QED) is 0.756. The van der Waals surface area contributed by atoms with E-state index >= 15 is 0 Å². The molecule has 1 saturated carbocycles. The molecule has 2 aliphatic rings. The molecular formula is C14H16N4. The Hall–Kier alpha value is -1.84. The summed E-state index contributed by atoms with van der Waals surface area (Å²) in [6.07, 6.45) is 11.9. The van der Waals surface area contributed by atoms with Crippen LogP contribution in [0, 0.1) is 0 Å². The van der Waals surface area contributed by atoms with E-state index in [0.717, 1.165) is 30.8 Å². The largest absolute Gasteiger partial charge is 0.351 e. The number of hydrogen-bond donors (Lipinski definition) is 0. The summed E-state index contributed by atoms with van der Waals surface area (Å²) >= 11 is 0. The average molecular weight is 240 g/mol. The van der Waals surface area contributed by atoms with Crippen molar-refractivity contribution in [3.63, 3.8) is 0 Å². The number of nitrogens with zero attached hydrogens (tertiary/aromatic N) is 4. The third-order valence-electron chi connectivity index (χ3n) is 3.74. The molecule has 1 fully saturated rings. The first kappa shape index (κ1) is 10.1. The fourth-order valence-corrected chi connectivity index (χ4v) is 2.58. The summed E-state index contributed by atoms with van der Waals surface area (Å²) in [5, 5.41) is 4.66. The maximum Gasteiger partial charge on any atom is 0.154 e. The highest BCUT2D eigenvalue weighted by Crippen LogP contribution is 2.40. The molecule has 0 bridgehead atoms. The van der Waals surface area contributed by atoms with Crippen molar-refractivity contribution in [2.75, 3.05) is 18.0 Å². The minimum atomic E-state index is 0.694. The van der Waals surface area contributed by atoms with E-state index in [-0.39, 0.29) is 0 Å². The highest BCUT2D eigenvalue weighted by molar-refractivity contribution is 5.69. The topological polar surface area (TPSA) is 33.4 Å². The molecule has 0 aromatic carbocycles. The van der Waals surface area contributed by atoms with E-state index in [1.54, 1.807) is 0 Å². The Kier molecular flexibility index (Phi) is 2.15. The van der Waals surface area contributed by atoms with Crippen LogP contribution in [0.5, 0.6) is 0 Å². The number of anilines is 1. The summed E-state index contributed by atoms with van der Waals surface area (Å²) < 4.78 is 1.98. The summed E-state index contributed by atoms with van der Waals surface area (Å²) in [7, 11) is 0. The van der Waals surface area contributed by atoms with Crippen LogP contribution in [0.3, 0.4) is 0 Å². The molecule has 1 aliphatic heterocycles. The number of rotatable bonds is 2. The van der Waals surface area contributed by atoms with Gasteiger partial charge in [-0.3, -0.25) is 0 Å². The Morgan fingerprint density at radius 2 is 2.17 bits per heavy atom. The molecule has 2 aromatic heterocycles. The molecule has 0 N–H and O–H groups in total. The lowest BCUT2D eigenvalue weighted by Crippen LogP contribution is -2.28. The normalized spacial score (nSPS) is 19.7. The zero-order valence-electron chi connectivity index (χ0n) is 10.3. The first-order valence-corrected chi connectivity index (χ1v) is 6.66. The van der Waals surface area contributed by atoms with Gasteiger partial charge in [0, 0.05) is 31.4 Å². The van der Waals surface area contributed by atoms with Crippen molar-refractivity contribution in [2.45, 2.75) is 25.2 Å². The third-order valence-corrected chi connectivity index (χ3v) is 3.74. The minimum Gasteiger partial charge on any atom is -0.351 e. The molecule has 4 heteroatoms. The van der Waals surface area contributed by atoms with E-state index in [0.29, 0.717) is 5.92 Å². The fraction of sp³-hybridized carbons (Fsp3) is 0.429. The van der Waals surface area contributed by atoms with Crippen LogP contribution in [0.2, 0.25) is 0 Å². The molecule has 0 radical (unpaired) electrons. The fourth-order valence-electron chi connectivity index (χ4n) is 2.58. The van der Waals surface area contributed by atoms with E-state index in [9.17, 15) is 0 Å². The van der Waals surface area contributed by atoms with Gasteiger partial charge in [-0.1, -0.05) is 12.2 Å². The molecule has 18 heavy (non-hydrogen) atoms. The molecule has 3 heterocycles. The lowest BCUT2D eigenvalue weighted by molar-refractivity contribution is 0.799. The Morgan fingerprint density at radius 1 is 1.22 bits per heavy atom. The van der Waals surface area contributed by atoms with Gasteiger partial charge in [0.15, 0.2) is 5.82 Å². The van der Waals surface area contributed by atoms with Crippen LogP contribution in [0.25, 0.3) is 5.52 Å². The van der Waals surface area contributed by atoms with Crippen molar-refractivity contribution in [1.82, 2.24) is 14.6 Å². The van der Waals surface area contributed by atoms with Crippen molar-refractivity contribution >= 4 is 11.3 Å². The Labute approximate surface area is 106 Å². The van der Waals surface area contributed by atoms with Crippen LogP contribution in [-0.2, 0) is 0 Å². The zero-order valence-corrected chi connectivity index (χ0v) is 10.3. The summed E-state index contributed by atoms with van der Waals surface area (Å²) in [5.41, 5.74) is 2.38. The molecule has 0 atom stereocenters. The highest BCUT2D eigenvalue weighted by atomic mass is 15.3. The molecule has 2 aromatic rings. The molecule has 92 valence electrons. The van der Waals surface area contributed by atoms with Gasteiger partial charge in [0.2, 0.25) is 0 Å². The van der Waals surface area contributed by atoms with Gasteiger partial charge < -0.3 is 4.90 Å². The smallest absolute Gasteiger partial charge is 0.154 e. The Balaban J connectivity index is 1.81. The van der Waals surface area contributed by atoms with Crippen LogP contribution in [0.15, 0.2) is 30.6 Å². The lowest BCUT2D eigenvalue weighted by Gasteiger charge is -2.24. The van der Waals surface area contributed by atoms with E-state index in [2.05, 4.69) is 33.2 Å². The van der Waals surface area contributed by atoms with Gasteiger partial charge in [0.1, 0.15) is 5.52 Å². The third kappa shape index (κ3) is 1.60. The van der Waals surface area contributed by atoms with E-state index in [4.69, 9.17) is 0 Å². The van der Waals surface area contributed by atoms with E-state index < -0.39 is 0 Å². The molecule has 0 saturated heterocycles. The first-order chi connectivity index (χ1) is 8.92. The molecule has 0 unspecified atom stereocenters. The van der Waals surface area contributed by atoms with E-state index in [1.807, 2.05) is 16.9 Å². The van der Waals surface area contributed by atoms with Gasteiger partial charge in [-0.05, 0) is 25.3 Å². The van der Waals surface area contributed by atoms with Crippen LogP contribution in [0.4, 0.5) is 5.82 Å². The Morgan fingerprint density at radius 3 is 2.94 bits per heavy atom. The van der Waals surface area contributed by atoms with Gasteiger partial charge in [-0.2, -0.15) is 5.10 Å². The van der Waals surface area contributed by atoms with Gasteiger partial charge in [0.05, 0.1) is 5.69 Å². The van der Waals surface area contributed by atoms with Gasteiger partial charge in [-0.25, -0.2) is 9.50 Å². The number of aromatic nitrogens is 3. The predicted octanol–water partition coefficient (Wildman–Crippen LogP) is 2.37. The summed E-state index contributed by atoms with van der Waals surface area (Å²) in [6, 6.07) is 2.22. The van der Waals surface area contributed by atoms with Crippen molar-refractivity contribution in [2.24, 2.45) is 0 Å². The number of hydrogen-bond acceptors (Lipinski definition) is 3. The molecule has 4 nitrogen and oxygen atoms in total. The van der Waals surface area contributed by atoms with Crippen molar-refractivity contribution < 1.29 is 0 Å². The van der Waals surface area contributed by atoms with Crippen LogP contribution < -0.4 is 4.90 Å². The second-order valence-corrected chi connectivity index (χ2v) is 5.13. The standard InChI is InChI=1S/C14H16N4/c1-2-7-17(8-3-1)14-13-10-12(11-4-5-11)16-18(13)9-6-15-14/h1-2,6,9-11H,3-5,7-8H2. The second kappa shape index (κ2) is 3.83. The SMILES string of the molecule is C1=CCN(c2nccn3nc(C4CC4)cc23)CC1. The zero-order chi connectivity index (χ0) is 11.9. The molecular weight excluding hydrogens is 224 g/mol. The number of fused-ring (bicyclic) bond motifs is 1. The molecule has 4 rings (SSSR count). The van der Waals surface area contributed by atoms with Crippen LogP contribution in [-0.4, -0.2) is 27.7 Å². The van der Waals surface area contributed by atoms with Crippen LogP contribution in [0.1, 0.15) is 30.9 Å². The van der Waals surface area contributed by atoms with Gasteiger partial charge >= 0.3 is 0 Å².